The topological polar surface area (TPSA) is 73.9 Å². The monoisotopic (exact) mass is 485 g/mol. The zero-order chi connectivity index (χ0) is 25.4. The standard InChI is InChI=1S/C29H24FNO5/c1-16-24(29(33)35-3)25(26-27(31-16)20-9-4-5-10-21(20)28(26)32)18-11-12-22(23(14-18)34-2)36-15-17-7-6-8-19(30)13-17/h4-14,25,31H,15H2,1-3H3/t25-/m1/s1. The predicted octanol–water partition coefficient (Wildman–Crippen LogP) is 5.15. The molecule has 0 fully saturated rings. The second kappa shape index (κ2) is 9.34. The number of ether oxygens (including phenoxy) is 3. The van der Waals surface area contributed by atoms with Crippen molar-refractivity contribution in [3.8, 4) is 11.5 Å². The number of dihydropyridines is 1. The van der Waals surface area contributed by atoms with E-state index in [0.717, 1.165) is 5.56 Å². The number of carbonyl (C=O) groups is 2. The lowest BCUT2D eigenvalue weighted by Crippen LogP contribution is -2.29. The van der Waals surface area contributed by atoms with Crippen LogP contribution in [0.25, 0.3) is 5.70 Å². The molecule has 0 saturated carbocycles. The van der Waals surface area contributed by atoms with Gasteiger partial charge in [-0.25, -0.2) is 9.18 Å². The Balaban J connectivity index is 1.56. The van der Waals surface area contributed by atoms with Crippen molar-refractivity contribution in [1.82, 2.24) is 5.32 Å². The molecule has 0 aromatic heterocycles. The van der Waals surface area contributed by atoms with Crippen LogP contribution in [0.4, 0.5) is 4.39 Å². The first-order valence-electron chi connectivity index (χ1n) is 11.4. The summed E-state index contributed by atoms with van der Waals surface area (Å²) in [6.45, 7) is 1.94. The molecule has 1 aliphatic heterocycles. The smallest absolute Gasteiger partial charge is 0.336 e. The third-order valence-corrected chi connectivity index (χ3v) is 6.46. The van der Waals surface area contributed by atoms with Crippen molar-refractivity contribution in [2.24, 2.45) is 0 Å². The Labute approximate surface area is 208 Å². The molecule has 182 valence electrons. The molecule has 3 aromatic carbocycles. The summed E-state index contributed by atoms with van der Waals surface area (Å²) in [6.07, 6.45) is 0. The summed E-state index contributed by atoms with van der Waals surface area (Å²) < 4.78 is 30.1. The van der Waals surface area contributed by atoms with Gasteiger partial charge in [0.05, 0.1) is 25.5 Å². The van der Waals surface area contributed by atoms with Gasteiger partial charge in [0, 0.05) is 28.3 Å². The van der Waals surface area contributed by atoms with Crippen molar-refractivity contribution in [2.75, 3.05) is 14.2 Å². The number of methoxy groups -OCH3 is 2. The van der Waals surface area contributed by atoms with Gasteiger partial charge >= 0.3 is 5.97 Å². The van der Waals surface area contributed by atoms with Crippen LogP contribution < -0.4 is 14.8 Å². The average molecular weight is 486 g/mol. The maximum absolute atomic E-state index is 13.5. The van der Waals surface area contributed by atoms with Gasteiger partial charge in [-0.15, -0.1) is 0 Å². The van der Waals surface area contributed by atoms with Crippen LogP contribution in [0.15, 0.2) is 83.6 Å². The van der Waals surface area contributed by atoms with Crippen LogP contribution in [0.1, 0.15) is 39.9 Å². The first-order valence-corrected chi connectivity index (χ1v) is 11.4. The number of fused-ring (bicyclic) bond motifs is 2. The van der Waals surface area contributed by atoms with E-state index >= 15 is 0 Å². The second-order valence-corrected chi connectivity index (χ2v) is 8.58. The molecule has 7 heteroatoms. The highest BCUT2D eigenvalue weighted by molar-refractivity contribution is 6.23. The summed E-state index contributed by atoms with van der Waals surface area (Å²) in [5.41, 5.74) is 4.88. The first-order chi connectivity index (χ1) is 17.4. The van der Waals surface area contributed by atoms with Crippen molar-refractivity contribution in [1.29, 1.82) is 0 Å². The normalized spacial score (nSPS) is 16.3. The molecular weight excluding hydrogens is 461 g/mol. The van der Waals surface area contributed by atoms with Crippen LogP contribution in [0.2, 0.25) is 0 Å². The van der Waals surface area contributed by atoms with Gasteiger partial charge in [0.15, 0.2) is 17.3 Å². The highest BCUT2D eigenvalue weighted by Gasteiger charge is 2.43. The molecule has 1 N–H and O–H groups in total. The highest BCUT2D eigenvalue weighted by Crippen LogP contribution is 2.47. The summed E-state index contributed by atoms with van der Waals surface area (Å²) in [7, 11) is 2.83. The second-order valence-electron chi connectivity index (χ2n) is 8.58. The van der Waals surface area contributed by atoms with E-state index < -0.39 is 11.9 Å². The van der Waals surface area contributed by atoms with Crippen molar-refractivity contribution in [2.45, 2.75) is 19.4 Å². The predicted molar refractivity (Wildman–Crippen MR) is 132 cm³/mol. The van der Waals surface area contributed by atoms with Gasteiger partial charge in [0.1, 0.15) is 12.4 Å². The minimum Gasteiger partial charge on any atom is -0.493 e. The molecule has 0 unspecified atom stereocenters. The number of benzene rings is 3. The van der Waals surface area contributed by atoms with Gasteiger partial charge in [-0.2, -0.15) is 0 Å². The Morgan fingerprint density at radius 1 is 0.972 bits per heavy atom. The third-order valence-electron chi connectivity index (χ3n) is 6.46. The molecule has 0 saturated heterocycles. The summed E-state index contributed by atoms with van der Waals surface area (Å²) in [5, 5.41) is 3.26. The molecule has 36 heavy (non-hydrogen) atoms. The van der Waals surface area contributed by atoms with E-state index in [2.05, 4.69) is 5.32 Å². The summed E-state index contributed by atoms with van der Waals surface area (Å²) in [6, 6.07) is 18.8. The Hall–Kier alpha value is -4.39. The van der Waals surface area contributed by atoms with Crippen molar-refractivity contribution in [3.63, 3.8) is 0 Å². The average Bonchev–Trinajstić information content (AvgIpc) is 3.17. The van der Waals surface area contributed by atoms with Crippen molar-refractivity contribution >= 4 is 17.4 Å². The first kappa shape index (κ1) is 23.4. The lowest BCUT2D eigenvalue weighted by Gasteiger charge is -2.29. The number of nitrogens with one attached hydrogen (secondary N) is 1. The number of Topliss-reactive ketones (excluding diaryl/α,β-unsaturated/α-hetero) is 1. The minimum absolute atomic E-state index is 0.141. The van der Waals surface area contributed by atoms with E-state index in [0.29, 0.717) is 50.7 Å². The molecule has 0 radical (unpaired) electrons. The van der Waals surface area contributed by atoms with Gasteiger partial charge < -0.3 is 19.5 Å². The number of ketones is 1. The Bertz CT molecular complexity index is 1460. The SMILES string of the molecule is COC(=O)C1=C(C)NC2=C(C(=O)c3ccccc32)[C@@H]1c1ccc(OCc2cccc(F)c2)c(OC)c1. The number of hydrogen-bond acceptors (Lipinski definition) is 6. The van der Waals surface area contributed by atoms with E-state index in [4.69, 9.17) is 14.2 Å². The van der Waals surface area contributed by atoms with Gasteiger partial charge in [0.2, 0.25) is 0 Å². The molecule has 0 bridgehead atoms. The Kier molecular flexibility index (Phi) is 6.06. The van der Waals surface area contributed by atoms with Crippen molar-refractivity contribution in [3.05, 3.63) is 112 Å². The number of rotatable bonds is 6. The van der Waals surface area contributed by atoms with E-state index in [-0.39, 0.29) is 18.2 Å². The maximum atomic E-state index is 13.5. The summed E-state index contributed by atoms with van der Waals surface area (Å²) in [4.78, 5) is 26.4. The fourth-order valence-electron chi connectivity index (χ4n) is 4.81. The molecule has 0 spiro atoms. The van der Waals surface area contributed by atoms with Crippen molar-refractivity contribution < 1.29 is 28.2 Å². The van der Waals surface area contributed by atoms with Crippen LogP contribution in [-0.4, -0.2) is 26.0 Å². The van der Waals surface area contributed by atoms with E-state index in [1.165, 1.54) is 26.4 Å². The Morgan fingerprint density at radius 3 is 2.47 bits per heavy atom. The number of halogens is 1. The molecular formula is C29H24FNO5. The maximum Gasteiger partial charge on any atom is 0.336 e. The number of allylic oxidation sites excluding steroid dienone is 2. The van der Waals surface area contributed by atoms with E-state index in [1.54, 1.807) is 43.3 Å². The lowest BCUT2D eigenvalue weighted by atomic mass is 9.79. The molecule has 3 aromatic rings. The molecule has 6 nitrogen and oxygen atoms in total. The molecule has 5 rings (SSSR count). The zero-order valence-electron chi connectivity index (χ0n) is 20.1. The number of carbonyl (C=O) groups excluding carboxylic acids is 2. The minimum atomic E-state index is -0.667. The van der Waals surface area contributed by atoms with Crippen LogP contribution in [0.5, 0.6) is 11.5 Å². The molecule has 1 atom stereocenters. The molecule has 1 aliphatic carbocycles. The highest BCUT2D eigenvalue weighted by atomic mass is 19.1. The van der Waals surface area contributed by atoms with Gasteiger partial charge in [-0.05, 0) is 42.3 Å². The molecule has 0 amide bonds. The fourth-order valence-corrected chi connectivity index (χ4v) is 4.81. The van der Waals surface area contributed by atoms with Gasteiger partial charge in [-0.3, -0.25) is 4.79 Å². The lowest BCUT2D eigenvalue weighted by molar-refractivity contribution is -0.136. The van der Waals surface area contributed by atoms with E-state index in [1.807, 2.05) is 18.2 Å². The van der Waals surface area contributed by atoms with Crippen LogP contribution in [0.3, 0.4) is 0 Å². The number of esters is 1. The summed E-state index contributed by atoms with van der Waals surface area (Å²) >= 11 is 0. The number of hydrogen-bond donors (Lipinski definition) is 1. The zero-order valence-corrected chi connectivity index (χ0v) is 20.1. The van der Waals surface area contributed by atoms with Crippen LogP contribution >= 0.6 is 0 Å². The van der Waals surface area contributed by atoms with E-state index in [9.17, 15) is 14.0 Å². The van der Waals surface area contributed by atoms with Gasteiger partial charge in [-0.1, -0.05) is 42.5 Å². The largest absolute Gasteiger partial charge is 0.493 e. The molecule has 2 aliphatic rings. The molecule has 1 heterocycles. The summed E-state index contributed by atoms with van der Waals surface area (Å²) in [5.74, 6) is -0.791. The third kappa shape index (κ3) is 3.92. The Morgan fingerprint density at radius 2 is 1.75 bits per heavy atom. The van der Waals surface area contributed by atoms with Crippen LogP contribution in [-0.2, 0) is 16.1 Å². The fraction of sp³-hybridized carbons (Fsp3) is 0.172. The van der Waals surface area contributed by atoms with Gasteiger partial charge in [0.25, 0.3) is 0 Å². The van der Waals surface area contributed by atoms with Crippen LogP contribution in [0, 0.1) is 5.82 Å². The quantitative estimate of drug-likeness (QED) is 0.487.